The lowest BCUT2D eigenvalue weighted by Crippen LogP contribution is -2.13. The van der Waals surface area contributed by atoms with Gasteiger partial charge in [-0.05, 0) is 66.6 Å². The van der Waals surface area contributed by atoms with Crippen LogP contribution in [-0.4, -0.2) is 16.1 Å². The number of nitrogens with zero attached hydrogens (tertiary/aromatic N) is 1. The number of rotatable bonds is 8. The van der Waals surface area contributed by atoms with Crippen LogP contribution in [-0.2, 0) is 18.7 Å². The molecule has 0 fully saturated rings. The molecule has 178 valence electrons. The number of carboxylic acid groups (broad SMARTS) is 1. The number of carbonyl (C=O) groups is 1. The lowest BCUT2D eigenvalue weighted by Gasteiger charge is -2.21. The normalized spacial score (nSPS) is 10.5. The number of hydrogen-bond donors (Lipinski definition) is 2. The van der Waals surface area contributed by atoms with E-state index in [4.69, 9.17) is 10.7 Å². The maximum absolute atomic E-state index is 11.3. The Morgan fingerprint density at radius 1 is 1.06 bits per heavy atom. The molecule has 0 atom stereocenters. The minimum Gasteiger partial charge on any atom is -0.478 e. The first-order valence-corrected chi connectivity index (χ1v) is 11.5. The molecule has 0 bridgehead atoms. The highest BCUT2D eigenvalue weighted by Gasteiger charge is 2.19. The maximum Gasteiger partial charge on any atom is 0.335 e. The van der Waals surface area contributed by atoms with Crippen LogP contribution in [0.4, 0.5) is 0 Å². The number of nitrogens with two attached hydrogens (primary N) is 1. The SMILES string of the molecule is Cc1ccc(-c2c(CSc3cccc(C(=O)O)c3)c(C)nc(CC(C)C)c2CN)cc1.Cl.Cl. The summed E-state index contributed by atoms with van der Waals surface area (Å²) in [6.07, 6.45) is 0.889. The van der Waals surface area contributed by atoms with Gasteiger partial charge in [0.2, 0.25) is 0 Å². The zero-order valence-electron chi connectivity index (χ0n) is 19.4. The van der Waals surface area contributed by atoms with E-state index in [-0.39, 0.29) is 24.8 Å². The van der Waals surface area contributed by atoms with E-state index in [1.165, 1.54) is 11.1 Å². The van der Waals surface area contributed by atoms with Crippen molar-refractivity contribution in [3.8, 4) is 11.1 Å². The molecule has 4 nitrogen and oxygen atoms in total. The average Bonchev–Trinajstić information content (AvgIpc) is 2.73. The highest BCUT2D eigenvalue weighted by atomic mass is 35.5. The monoisotopic (exact) mass is 506 g/mol. The summed E-state index contributed by atoms with van der Waals surface area (Å²) in [5.41, 5.74) is 14.4. The second-order valence-electron chi connectivity index (χ2n) is 8.27. The Morgan fingerprint density at radius 3 is 2.30 bits per heavy atom. The lowest BCUT2D eigenvalue weighted by atomic mass is 9.90. The first kappa shape index (κ1) is 29.0. The minimum absolute atomic E-state index is 0. The second kappa shape index (κ2) is 13.0. The van der Waals surface area contributed by atoms with Gasteiger partial charge in [0.1, 0.15) is 0 Å². The van der Waals surface area contributed by atoms with Crippen LogP contribution in [0.3, 0.4) is 0 Å². The van der Waals surface area contributed by atoms with Crippen LogP contribution >= 0.6 is 36.6 Å². The number of carboxylic acids is 1. The molecular weight excluding hydrogens is 475 g/mol. The van der Waals surface area contributed by atoms with Crippen molar-refractivity contribution in [2.24, 2.45) is 11.7 Å². The van der Waals surface area contributed by atoms with Gasteiger partial charge in [0.15, 0.2) is 0 Å². The fraction of sp³-hybridized carbons (Fsp3) is 0.308. The molecule has 0 spiro atoms. The van der Waals surface area contributed by atoms with E-state index in [0.29, 0.717) is 23.8 Å². The Morgan fingerprint density at radius 2 is 1.73 bits per heavy atom. The summed E-state index contributed by atoms with van der Waals surface area (Å²) in [6.45, 7) is 8.97. The van der Waals surface area contributed by atoms with Gasteiger partial charge in [0.05, 0.1) is 5.56 Å². The van der Waals surface area contributed by atoms with E-state index in [1.807, 2.05) is 6.07 Å². The summed E-state index contributed by atoms with van der Waals surface area (Å²) >= 11 is 1.63. The number of aryl methyl sites for hydroxylation is 2. The first-order valence-electron chi connectivity index (χ1n) is 10.5. The summed E-state index contributed by atoms with van der Waals surface area (Å²) in [6, 6.07) is 15.6. The fourth-order valence-corrected chi connectivity index (χ4v) is 4.79. The van der Waals surface area contributed by atoms with Crippen molar-refractivity contribution in [3.63, 3.8) is 0 Å². The number of thioether (sulfide) groups is 1. The molecule has 3 rings (SSSR count). The van der Waals surface area contributed by atoms with Gasteiger partial charge in [0.25, 0.3) is 0 Å². The van der Waals surface area contributed by atoms with Crippen molar-refractivity contribution < 1.29 is 9.90 Å². The zero-order chi connectivity index (χ0) is 22.5. The number of hydrogen-bond acceptors (Lipinski definition) is 4. The third kappa shape index (κ3) is 7.21. The van der Waals surface area contributed by atoms with Crippen LogP contribution in [0, 0.1) is 19.8 Å². The molecule has 0 saturated carbocycles. The molecule has 0 amide bonds. The number of benzene rings is 2. The van der Waals surface area contributed by atoms with E-state index in [9.17, 15) is 9.90 Å². The predicted octanol–water partition coefficient (Wildman–Crippen LogP) is 6.86. The maximum atomic E-state index is 11.3. The van der Waals surface area contributed by atoms with Crippen molar-refractivity contribution in [2.45, 2.75) is 51.3 Å². The summed E-state index contributed by atoms with van der Waals surface area (Å²) in [7, 11) is 0. The van der Waals surface area contributed by atoms with Crippen molar-refractivity contribution >= 4 is 42.5 Å². The molecule has 1 aromatic heterocycles. The molecule has 33 heavy (non-hydrogen) atoms. The highest BCUT2D eigenvalue weighted by molar-refractivity contribution is 7.98. The molecule has 0 radical (unpaired) electrons. The predicted molar refractivity (Wildman–Crippen MR) is 143 cm³/mol. The molecular formula is C26H32Cl2N2O2S. The van der Waals surface area contributed by atoms with Crippen molar-refractivity contribution in [1.82, 2.24) is 4.98 Å². The van der Waals surface area contributed by atoms with Gasteiger partial charge in [-0.1, -0.05) is 49.7 Å². The van der Waals surface area contributed by atoms with Gasteiger partial charge in [-0.25, -0.2) is 4.79 Å². The van der Waals surface area contributed by atoms with E-state index < -0.39 is 5.97 Å². The third-order valence-electron chi connectivity index (χ3n) is 5.30. The second-order valence-corrected chi connectivity index (χ2v) is 9.31. The molecule has 0 aliphatic rings. The van der Waals surface area contributed by atoms with Crippen LogP contribution in [0.5, 0.6) is 0 Å². The summed E-state index contributed by atoms with van der Waals surface area (Å²) in [5.74, 6) is 0.270. The number of pyridine rings is 1. The van der Waals surface area contributed by atoms with E-state index >= 15 is 0 Å². The Bertz CT molecular complexity index is 1090. The van der Waals surface area contributed by atoms with Crippen molar-refractivity contribution in [1.29, 1.82) is 0 Å². The summed E-state index contributed by atoms with van der Waals surface area (Å²) in [4.78, 5) is 17.2. The Kier molecular flexibility index (Phi) is 11.4. The third-order valence-corrected chi connectivity index (χ3v) is 6.32. The molecule has 0 aliphatic heterocycles. The fourth-order valence-electron chi connectivity index (χ4n) is 3.74. The summed E-state index contributed by atoms with van der Waals surface area (Å²) < 4.78 is 0. The van der Waals surface area contributed by atoms with Gasteiger partial charge < -0.3 is 10.8 Å². The van der Waals surface area contributed by atoms with Crippen LogP contribution in [0.2, 0.25) is 0 Å². The highest BCUT2D eigenvalue weighted by Crippen LogP contribution is 2.36. The average molecular weight is 508 g/mol. The van der Waals surface area contributed by atoms with Crippen LogP contribution in [0.1, 0.15) is 52.3 Å². The topological polar surface area (TPSA) is 76.2 Å². The molecule has 3 N–H and O–H groups in total. The summed E-state index contributed by atoms with van der Waals surface area (Å²) in [5, 5.41) is 9.29. The van der Waals surface area contributed by atoms with Gasteiger partial charge in [-0.3, -0.25) is 4.98 Å². The largest absolute Gasteiger partial charge is 0.478 e. The molecule has 0 saturated heterocycles. The standard InChI is InChI=1S/C26H30N2O2S.2ClH/c1-16(2)12-24-22(14-27)25(19-10-8-17(3)9-11-19)23(18(4)28-24)15-31-21-7-5-6-20(13-21)26(29)30;;/h5-11,13,16H,12,14-15,27H2,1-4H3,(H,29,30);2*1H. The number of aromatic nitrogens is 1. The quantitative estimate of drug-likeness (QED) is 0.326. The number of halogens is 2. The molecule has 0 unspecified atom stereocenters. The number of aromatic carboxylic acids is 1. The van der Waals surface area contributed by atoms with Gasteiger partial charge >= 0.3 is 5.97 Å². The van der Waals surface area contributed by atoms with Crippen molar-refractivity contribution in [2.75, 3.05) is 0 Å². The van der Waals surface area contributed by atoms with Crippen molar-refractivity contribution in [3.05, 3.63) is 82.2 Å². The first-order chi connectivity index (χ1) is 14.8. The zero-order valence-corrected chi connectivity index (χ0v) is 21.9. The molecule has 3 aromatic rings. The van der Waals surface area contributed by atoms with Gasteiger partial charge in [-0.15, -0.1) is 36.6 Å². The van der Waals surface area contributed by atoms with E-state index in [2.05, 4.69) is 52.0 Å². The molecule has 1 heterocycles. The van der Waals surface area contributed by atoms with E-state index in [1.54, 1.807) is 30.0 Å². The minimum atomic E-state index is -0.913. The smallest absolute Gasteiger partial charge is 0.335 e. The molecule has 7 heteroatoms. The van der Waals surface area contributed by atoms with Crippen LogP contribution in [0.25, 0.3) is 11.1 Å². The van der Waals surface area contributed by atoms with Gasteiger partial charge in [-0.2, -0.15) is 0 Å². The molecule has 0 aliphatic carbocycles. The van der Waals surface area contributed by atoms with Crippen LogP contribution in [0.15, 0.2) is 53.4 Å². The Labute approximate surface area is 213 Å². The Balaban J connectivity index is 0.00000272. The Hall–Kier alpha value is -2.05. The molecule has 2 aromatic carbocycles. The lowest BCUT2D eigenvalue weighted by molar-refractivity contribution is 0.0696. The van der Waals surface area contributed by atoms with E-state index in [0.717, 1.165) is 39.4 Å². The van der Waals surface area contributed by atoms with Crippen LogP contribution < -0.4 is 5.73 Å². The van der Waals surface area contributed by atoms with Gasteiger partial charge in [0, 0.05) is 28.6 Å².